The van der Waals surface area contributed by atoms with Crippen LogP contribution in [0.15, 0.2) is 0 Å². The van der Waals surface area contributed by atoms with Gasteiger partial charge in [-0.15, -0.1) is 34.0 Å². The van der Waals surface area contributed by atoms with Crippen LogP contribution in [0.5, 0.6) is 0 Å². The second-order valence-electron chi connectivity index (χ2n) is 3.79. The van der Waals surface area contributed by atoms with Gasteiger partial charge in [0.05, 0.1) is 0 Å². The van der Waals surface area contributed by atoms with E-state index in [0.29, 0.717) is 6.42 Å². The molecule has 0 aliphatic carbocycles. The van der Waals surface area contributed by atoms with Crippen LogP contribution in [-0.2, 0) is 9.59 Å². The first-order valence-electron chi connectivity index (χ1n) is 5.55. The second kappa shape index (κ2) is 14.0. The second-order valence-corrected chi connectivity index (χ2v) is 3.79. The zero-order chi connectivity index (χ0) is 11.7. The summed E-state index contributed by atoms with van der Waals surface area (Å²) < 4.78 is 0. The van der Waals surface area contributed by atoms with E-state index in [0.717, 1.165) is 19.3 Å². The van der Waals surface area contributed by atoms with Crippen molar-refractivity contribution in [2.75, 3.05) is 0 Å². The van der Waals surface area contributed by atoms with Crippen LogP contribution in [0.1, 0.15) is 51.9 Å². The van der Waals surface area contributed by atoms with Crippen molar-refractivity contribution in [2.24, 2.45) is 5.92 Å². The molecule has 0 saturated carbocycles. The van der Waals surface area contributed by atoms with E-state index < -0.39 is 17.9 Å². The quantitative estimate of drug-likeness (QED) is 0.474. The number of carboxylic acid groups (broad SMARTS) is 2. The molecule has 0 aromatic heterocycles. The molecule has 0 aromatic carbocycles. The third-order valence-corrected chi connectivity index (χ3v) is 2.44. The lowest BCUT2D eigenvalue weighted by Gasteiger charge is -2.06. The molecule has 0 fully saturated rings. The summed E-state index contributed by atoms with van der Waals surface area (Å²) >= 11 is 0. The summed E-state index contributed by atoms with van der Waals surface area (Å²) in [7, 11) is 0. The summed E-state index contributed by atoms with van der Waals surface area (Å²) in [5, 5.41) is 17.2. The molecule has 0 radical (unpaired) electrons. The van der Waals surface area contributed by atoms with Crippen molar-refractivity contribution in [1.82, 2.24) is 0 Å². The van der Waals surface area contributed by atoms with Gasteiger partial charge in [-0.25, -0.2) is 0 Å². The molecule has 4 nitrogen and oxygen atoms in total. The monoisotopic (exact) mass is 376 g/mol. The first-order valence-corrected chi connectivity index (χ1v) is 5.55. The number of hydrogen-bond donors (Lipinski definition) is 2. The Balaban J connectivity index is -0.000000980. The Morgan fingerprint density at radius 3 is 1.71 bits per heavy atom. The summed E-state index contributed by atoms with van der Waals surface area (Å²) in [6.07, 6.45) is 6.45. The number of unbranched alkanes of at least 4 members (excludes halogenated alkanes) is 5. The van der Waals surface area contributed by atoms with Gasteiger partial charge in [0.15, 0.2) is 5.92 Å². The van der Waals surface area contributed by atoms with Gasteiger partial charge in [-0.1, -0.05) is 45.4 Å². The summed E-state index contributed by atoms with van der Waals surface area (Å²) in [4.78, 5) is 21.1. The van der Waals surface area contributed by atoms with Gasteiger partial charge in [0, 0.05) is 0 Å². The van der Waals surface area contributed by atoms with Crippen LogP contribution in [0.3, 0.4) is 0 Å². The van der Waals surface area contributed by atoms with Crippen LogP contribution in [-0.4, -0.2) is 22.2 Å². The van der Waals surface area contributed by atoms with Crippen molar-refractivity contribution in [1.29, 1.82) is 0 Å². The van der Waals surface area contributed by atoms with E-state index in [2.05, 4.69) is 6.92 Å². The van der Waals surface area contributed by atoms with E-state index in [4.69, 9.17) is 10.2 Å². The van der Waals surface area contributed by atoms with Crippen LogP contribution in [0.25, 0.3) is 0 Å². The SMILES string of the molecule is Br.Br.CCCCCCCCC(C(=O)O)C(=O)O. The van der Waals surface area contributed by atoms with E-state index in [1.54, 1.807) is 0 Å². The highest BCUT2D eigenvalue weighted by Crippen LogP contribution is 2.12. The molecule has 0 bridgehead atoms. The largest absolute Gasteiger partial charge is 0.481 e. The minimum absolute atomic E-state index is 0. The molecule has 0 saturated heterocycles. The Kier molecular flexibility index (Phi) is 18.2. The number of hydrogen-bond acceptors (Lipinski definition) is 2. The molecule has 104 valence electrons. The van der Waals surface area contributed by atoms with Gasteiger partial charge >= 0.3 is 11.9 Å². The maximum atomic E-state index is 10.5. The zero-order valence-electron chi connectivity index (χ0n) is 10.1. The maximum absolute atomic E-state index is 10.5. The van der Waals surface area contributed by atoms with E-state index in [1.165, 1.54) is 12.8 Å². The summed E-state index contributed by atoms with van der Waals surface area (Å²) in [6, 6.07) is 0. The first kappa shape index (κ1) is 22.1. The third kappa shape index (κ3) is 12.2. The zero-order valence-corrected chi connectivity index (χ0v) is 13.5. The minimum Gasteiger partial charge on any atom is -0.481 e. The smallest absolute Gasteiger partial charge is 0.317 e. The molecule has 0 unspecified atom stereocenters. The average Bonchev–Trinajstić information content (AvgIpc) is 2.15. The highest BCUT2D eigenvalue weighted by Gasteiger charge is 2.24. The maximum Gasteiger partial charge on any atom is 0.317 e. The number of halogens is 2. The molecule has 0 aromatic rings. The van der Waals surface area contributed by atoms with Crippen LogP contribution in [0.2, 0.25) is 0 Å². The highest BCUT2D eigenvalue weighted by molar-refractivity contribution is 8.93. The Morgan fingerprint density at radius 1 is 0.882 bits per heavy atom. The summed E-state index contributed by atoms with van der Waals surface area (Å²) in [5.41, 5.74) is 0. The molecule has 6 heteroatoms. The van der Waals surface area contributed by atoms with E-state index in [9.17, 15) is 9.59 Å². The minimum atomic E-state index is -1.23. The molecule has 0 rings (SSSR count). The van der Waals surface area contributed by atoms with E-state index in [1.807, 2.05) is 0 Å². The molecule has 0 amide bonds. The predicted octanol–water partition coefficient (Wildman–Crippen LogP) is 3.68. The fraction of sp³-hybridized carbons (Fsp3) is 0.818. The highest BCUT2D eigenvalue weighted by atomic mass is 79.9. The van der Waals surface area contributed by atoms with Gasteiger partial charge in [-0.05, 0) is 6.42 Å². The Bertz CT molecular complexity index is 196. The predicted molar refractivity (Wildman–Crippen MR) is 77.4 cm³/mol. The van der Waals surface area contributed by atoms with Gasteiger partial charge in [-0.2, -0.15) is 0 Å². The molecule has 0 aliphatic heterocycles. The lowest BCUT2D eigenvalue weighted by atomic mass is 10.0. The van der Waals surface area contributed by atoms with Crippen molar-refractivity contribution in [3.8, 4) is 0 Å². The molecular weight excluding hydrogens is 356 g/mol. The molecule has 0 aliphatic rings. The van der Waals surface area contributed by atoms with Crippen molar-refractivity contribution in [3.05, 3.63) is 0 Å². The van der Waals surface area contributed by atoms with Gasteiger partial charge in [0.25, 0.3) is 0 Å². The van der Waals surface area contributed by atoms with Crippen molar-refractivity contribution >= 4 is 45.9 Å². The normalized spacial score (nSPS) is 9.29. The first-order chi connectivity index (χ1) is 7.09. The molecule has 2 N–H and O–H groups in total. The fourth-order valence-electron chi connectivity index (χ4n) is 1.48. The lowest BCUT2D eigenvalue weighted by molar-refractivity contribution is -0.154. The Hall–Kier alpha value is -0.100. The van der Waals surface area contributed by atoms with Crippen LogP contribution >= 0.6 is 34.0 Å². The topological polar surface area (TPSA) is 74.6 Å². The lowest BCUT2D eigenvalue weighted by Crippen LogP contribution is -2.23. The van der Waals surface area contributed by atoms with Crippen molar-refractivity contribution in [2.45, 2.75) is 51.9 Å². The third-order valence-electron chi connectivity index (χ3n) is 2.44. The fourth-order valence-corrected chi connectivity index (χ4v) is 1.48. The van der Waals surface area contributed by atoms with Gasteiger partial charge < -0.3 is 10.2 Å². The van der Waals surface area contributed by atoms with E-state index >= 15 is 0 Å². The Morgan fingerprint density at radius 2 is 1.29 bits per heavy atom. The van der Waals surface area contributed by atoms with Gasteiger partial charge in [0.1, 0.15) is 0 Å². The van der Waals surface area contributed by atoms with Crippen molar-refractivity contribution in [3.63, 3.8) is 0 Å². The van der Waals surface area contributed by atoms with E-state index in [-0.39, 0.29) is 40.4 Å². The molecule has 0 atom stereocenters. The molecule has 17 heavy (non-hydrogen) atoms. The van der Waals surface area contributed by atoms with Crippen LogP contribution in [0, 0.1) is 5.92 Å². The molecule has 0 heterocycles. The molecular formula is C11H22Br2O4. The summed E-state index contributed by atoms with van der Waals surface area (Å²) in [5.74, 6) is -3.68. The number of carboxylic acids is 2. The number of carbonyl (C=O) groups is 2. The standard InChI is InChI=1S/C11H20O4.2BrH/c1-2-3-4-5-6-7-8-9(10(12)13)11(14)15;;/h9H,2-8H2,1H3,(H,12,13)(H,14,15);2*1H. The van der Waals surface area contributed by atoms with Gasteiger partial charge in [-0.3, -0.25) is 9.59 Å². The van der Waals surface area contributed by atoms with Gasteiger partial charge in [0.2, 0.25) is 0 Å². The van der Waals surface area contributed by atoms with Crippen LogP contribution in [0.4, 0.5) is 0 Å². The number of aliphatic carboxylic acids is 2. The molecule has 0 spiro atoms. The summed E-state index contributed by atoms with van der Waals surface area (Å²) in [6.45, 7) is 2.13. The number of rotatable bonds is 9. The average molecular weight is 378 g/mol. The Labute approximate surface area is 123 Å². The van der Waals surface area contributed by atoms with Crippen molar-refractivity contribution < 1.29 is 19.8 Å². The van der Waals surface area contributed by atoms with Crippen LogP contribution < -0.4 is 0 Å².